The highest BCUT2D eigenvalue weighted by Crippen LogP contribution is 2.19. The Hall–Kier alpha value is -2.38. The maximum absolute atomic E-state index is 12.4. The van der Waals surface area contributed by atoms with E-state index in [9.17, 15) is 14.4 Å². The van der Waals surface area contributed by atoms with Crippen LogP contribution in [0.2, 0.25) is 0 Å². The number of aryl methyl sites for hydroxylation is 1. The van der Waals surface area contributed by atoms with Gasteiger partial charge in [0.25, 0.3) is 0 Å². The van der Waals surface area contributed by atoms with Crippen molar-refractivity contribution < 1.29 is 14.4 Å². The van der Waals surface area contributed by atoms with Crippen LogP contribution in [0.1, 0.15) is 37.7 Å². The van der Waals surface area contributed by atoms with Crippen molar-refractivity contribution in [3.8, 4) is 0 Å². The monoisotopic (exact) mass is 361 g/mol. The van der Waals surface area contributed by atoms with Gasteiger partial charge >= 0.3 is 0 Å². The van der Waals surface area contributed by atoms with Crippen LogP contribution >= 0.6 is 0 Å². The predicted molar refractivity (Wildman–Crippen MR) is 94.8 cm³/mol. The van der Waals surface area contributed by atoms with E-state index in [1.165, 1.54) is 0 Å². The summed E-state index contributed by atoms with van der Waals surface area (Å²) in [5.74, 6) is 0.135. The van der Waals surface area contributed by atoms with Gasteiger partial charge in [-0.25, -0.2) is 0 Å². The number of nitrogens with one attached hydrogen (secondary N) is 1. The molecule has 3 amide bonds. The third kappa shape index (κ3) is 4.62. The highest BCUT2D eigenvalue weighted by molar-refractivity contribution is 5.83. The predicted octanol–water partition coefficient (Wildman–Crippen LogP) is 0.287. The molecule has 0 aliphatic carbocycles. The number of hydrogen-bond donors (Lipinski definition) is 1. The zero-order valence-electron chi connectivity index (χ0n) is 15.3. The smallest absolute Gasteiger partial charge is 0.225 e. The van der Waals surface area contributed by atoms with Crippen molar-refractivity contribution in [1.29, 1.82) is 0 Å². The molecule has 1 N–H and O–H groups in total. The number of likely N-dealkylation sites (tertiary alicyclic amines) is 2. The standard InChI is InChI=1S/C18H27N5O3/c1-21-12-14(11-20-21)10-19-18(26)15-5-6-17(25)23(13-15)9-3-8-22-7-2-4-16(22)24/h11-12,15H,2-10,13H2,1H3,(H,19,26). The van der Waals surface area contributed by atoms with Crippen LogP contribution in [0.15, 0.2) is 12.4 Å². The Bertz CT molecular complexity index is 672. The fourth-order valence-electron chi connectivity index (χ4n) is 3.63. The van der Waals surface area contributed by atoms with Crippen molar-refractivity contribution in [1.82, 2.24) is 24.9 Å². The summed E-state index contributed by atoms with van der Waals surface area (Å²) in [6.45, 7) is 3.04. The van der Waals surface area contributed by atoms with Crippen LogP contribution in [0.5, 0.6) is 0 Å². The number of rotatable bonds is 7. The molecule has 26 heavy (non-hydrogen) atoms. The first kappa shape index (κ1) is 18.4. The number of aromatic nitrogens is 2. The fraction of sp³-hybridized carbons (Fsp3) is 0.667. The summed E-state index contributed by atoms with van der Waals surface area (Å²) in [5, 5.41) is 7.03. The van der Waals surface area contributed by atoms with Crippen LogP contribution in [0.4, 0.5) is 0 Å². The molecule has 0 radical (unpaired) electrons. The molecule has 0 aromatic carbocycles. The van der Waals surface area contributed by atoms with Crippen molar-refractivity contribution in [2.45, 2.75) is 38.6 Å². The fourth-order valence-corrected chi connectivity index (χ4v) is 3.63. The molecule has 142 valence electrons. The van der Waals surface area contributed by atoms with Crippen molar-refractivity contribution >= 4 is 17.7 Å². The van der Waals surface area contributed by atoms with Gasteiger partial charge in [0.15, 0.2) is 0 Å². The third-order valence-corrected chi connectivity index (χ3v) is 5.12. The van der Waals surface area contributed by atoms with Gasteiger partial charge in [0.1, 0.15) is 0 Å². The van der Waals surface area contributed by atoms with Gasteiger partial charge in [-0.15, -0.1) is 0 Å². The number of amides is 3. The van der Waals surface area contributed by atoms with Gasteiger partial charge in [-0.2, -0.15) is 5.10 Å². The number of hydrogen-bond acceptors (Lipinski definition) is 4. The Balaban J connectivity index is 1.43. The van der Waals surface area contributed by atoms with Gasteiger partial charge in [0.2, 0.25) is 17.7 Å². The lowest BCUT2D eigenvalue weighted by Gasteiger charge is -2.32. The second-order valence-corrected chi connectivity index (χ2v) is 7.15. The second kappa shape index (κ2) is 8.33. The van der Waals surface area contributed by atoms with E-state index in [1.54, 1.807) is 15.8 Å². The molecular weight excluding hydrogens is 334 g/mol. The van der Waals surface area contributed by atoms with Crippen LogP contribution in [-0.4, -0.2) is 63.5 Å². The first-order chi connectivity index (χ1) is 12.5. The Morgan fingerprint density at radius 1 is 1.23 bits per heavy atom. The molecule has 8 heteroatoms. The molecule has 0 bridgehead atoms. The first-order valence-corrected chi connectivity index (χ1v) is 9.33. The molecule has 2 aliphatic rings. The Morgan fingerprint density at radius 3 is 2.69 bits per heavy atom. The van der Waals surface area contributed by atoms with Gasteiger partial charge in [-0.05, 0) is 19.3 Å². The summed E-state index contributed by atoms with van der Waals surface area (Å²) < 4.78 is 1.70. The quantitative estimate of drug-likeness (QED) is 0.756. The van der Waals surface area contributed by atoms with E-state index in [2.05, 4.69) is 10.4 Å². The SMILES string of the molecule is Cn1cc(CNC(=O)C2CCC(=O)N(CCCN3CCCC3=O)C2)cn1. The lowest BCUT2D eigenvalue weighted by atomic mass is 9.96. The average molecular weight is 361 g/mol. The highest BCUT2D eigenvalue weighted by atomic mass is 16.2. The summed E-state index contributed by atoms with van der Waals surface area (Å²) in [7, 11) is 1.84. The number of carbonyl (C=O) groups is 3. The van der Waals surface area contributed by atoms with E-state index in [1.807, 2.05) is 18.1 Å². The van der Waals surface area contributed by atoms with Crippen molar-refractivity contribution in [2.75, 3.05) is 26.2 Å². The van der Waals surface area contributed by atoms with E-state index < -0.39 is 0 Å². The molecule has 1 aromatic heterocycles. The molecule has 0 spiro atoms. The third-order valence-electron chi connectivity index (χ3n) is 5.12. The van der Waals surface area contributed by atoms with E-state index in [0.717, 1.165) is 24.9 Å². The minimum absolute atomic E-state index is 0.0129. The van der Waals surface area contributed by atoms with Crippen LogP contribution in [-0.2, 0) is 28.0 Å². The van der Waals surface area contributed by atoms with Crippen LogP contribution < -0.4 is 5.32 Å². The van der Waals surface area contributed by atoms with Crippen molar-refractivity contribution in [3.63, 3.8) is 0 Å². The van der Waals surface area contributed by atoms with Gasteiger partial charge in [-0.1, -0.05) is 0 Å². The minimum atomic E-state index is -0.169. The Morgan fingerprint density at radius 2 is 2.00 bits per heavy atom. The largest absolute Gasteiger partial charge is 0.352 e. The summed E-state index contributed by atoms with van der Waals surface area (Å²) in [5.41, 5.74) is 0.958. The van der Waals surface area contributed by atoms with E-state index in [4.69, 9.17) is 0 Å². The van der Waals surface area contributed by atoms with Gasteiger partial charge in [0.05, 0.1) is 12.1 Å². The molecule has 8 nitrogen and oxygen atoms in total. The molecular formula is C18H27N5O3. The molecule has 1 unspecified atom stereocenters. The zero-order valence-corrected chi connectivity index (χ0v) is 15.3. The highest BCUT2D eigenvalue weighted by Gasteiger charge is 2.30. The zero-order chi connectivity index (χ0) is 18.5. The molecule has 2 fully saturated rings. The van der Waals surface area contributed by atoms with Crippen molar-refractivity contribution in [2.24, 2.45) is 13.0 Å². The van der Waals surface area contributed by atoms with E-state index in [-0.39, 0.29) is 23.6 Å². The topological polar surface area (TPSA) is 87.5 Å². The van der Waals surface area contributed by atoms with Crippen LogP contribution in [0, 0.1) is 5.92 Å². The van der Waals surface area contributed by atoms with Gasteiger partial charge in [0, 0.05) is 64.4 Å². The Labute approximate surface area is 153 Å². The minimum Gasteiger partial charge on any atom is -0.352 e. The maximum Gasteiger partial charge on any atom is 0.225 e. The maximum atomic E-state index is 12.4. The van der Waals surface area contributed by atoms with Gasteiger partial charge < -0.3 is 15.1 Å². The lowest BCUT2D eigenvalue weighted by Crippen LogP contribution is -2.46. The average Bonchev–Trinajstić information content (AvgIpc) is 3.22. The van der Waals surface area contributed by atoms with Crippen LogP contribution in [0.25, 0.3) is 0 Å². The summed E-state index contributed by atoms with van der Waals surface area (Å²) in [6, 6.07) is 0. The summed E-state index contributed by atoms with van der Waals surface area (Å²) in [6.07, 6.45) is 6.95. The molecule has 3 rings (SSSR count). The first-order valence-electron chi connectivity index (χ1n) is 9.33. The van der Waals surface area contributed by atoms with Crippen LogP contribution in [0.3, 0.4) is 0 Å². The molecule has 3 heterocycles. The van der Waals surface area contributed by atoms with Gasteiger partial charge in [-0.3, -0.25) is 19.1 Å². The van der Waals surface area contributed by atoms with E-state index >= 15 is 0 Å². The van der Waals surface area contributed by atoms with Crippen molar-refractivity contribution in [3.05, 3.63) is 18.0 Å². The summed E-state index contributed by atoms with van der Waals surface area (Å²) in [4.78, 5) is 39.8. The molecule has 0 saturated carbocycles. The molecule has 2 saturated heterocycles. The second-order valence-electron chi connectivity index (χ2n) is 7.15. The number of piperidine rings is 1. The normalized spacial score (nSPS) is 20.7. The Kier molecular flexibility index (Phi) is 5.90. The van der Waals surface area contributed by atoms with E-state index in [0.29, 0.717) is 45.4 Å². The molecule has 1 atom stereocenters. The number of carbonyl (C=O) groups excluding carboxylic acids is 3. The molecule has 2 aliphatic heterocycles. The summed E-state index contributed by atoms with van der Waals surface area (Å²) >= 11 is 0. The molecule has 1 aromatic rings. The lowest BCUT2D eigenvalue weighted by molar-refractivity contribution is -0.138. The number of nitrogens with zero attached hydrogens (tertiary/aromatic N) is 4.